The Morgan fingerprint density at radius 1 is 0.552 bits per heavy atom. The summed E-state index contributed by atoms with van der Waals surface area (Å²) in [5, 5.41) is 9.73. The second-order valence-corrected chi connectivity index (χ2v) is 14.9. The number of nitrogens with zero attached hydrogens (tertiary/aromatic N) is 3. The van der Waals surface area contributed by atoms with Crippen LogP contribution in [-0.4, -0.2) is 17.8 Å². The lowest BCUT2D eigenvalue weighted by molar-refractivity contribution is 0.674. The Morgan fingerprint density at radius 2 is 1.21 bits per heavy atom. The Balaban J connectivity index is 0.933. The number of nitrogens with two attached hydrogens (primary N) is 1. The van der Waals surface area contributed by atoms with E-state index < -0.39 is 0 Å². The summed E-state index contributed by atoms with van der Waals surface area (Å²) in [6.07, 6.45) is 0.810. The zero-order chi connectivity index (χ0) is 39.0. The fourth-order valence-corrected chi connectivity index (χ4v) is 8.27. The van der Waals surface area contributed by atoms with E-state index in [1.807, 2.05) is 18.2 Å². The van der Waals surface area contributed by atoms with Crippen LogP contribution >= 0.6 is 0 Å². The molecule has 0 fully saturated rings. The maximum absolute atomic E-state index is 6.53. The molecule has 2 aliphatic heterocycles. The molecule has 2 atom stereocenters. The predicted octanol–water partition coefficient (Wildman–Crippen LogP) is 12.2. The molecular weight excluding hydrogens is 709 g/mol. The third-order valence-corrected chi connectivity index (χ3v) is 11.2. The summed E-state index contributed by atoms with van der Waals surface area (Å²) in [6.45, 7) is 2.20. The van der Waals surface area contributed by atoms with Crippen molar-refractivity contribution in [2.24, 2.45) is 9.98 Å². The largest absolute Gasteiger partial charge is 0.399 e. The molecule has 0 amide bonds. The van der Waals surface area contributed by atoms with E-state index >= 15 is 0 Å². The molecule has 2 unspecified atom stereocenters. The number of hydrogen-bond acceptors (Lipinski definition) is 6. The molecule has 6 nitrogen and oxygen atoms in total. The van der Waals surface area contributed by atoms with Gasteiger partial charge >= 0.3 is 0 Å². The summed E-state index contributed by atoms with van der Waals surface area (Å²) in [5.41, 5.74) is 20.5. The highest BCUT2D eigenvalue weighted by Gasteiger charge is 2.29. The van der Waals surface area contributed by atoms with Crippen LogP contribution < -0.4 is 21.3 Å². The van der Waals surface area contributed by atoms with E-state index in [1.165, 1.54) is 22.0 Å². The molecule has 0 spiro atoms. The molecule has 58 heavy (non-hydrogen) atoms. The topological polar surface area (TPSA) is 78.0 Å². The molecule has 10 rings (SSSR count). The fraction of sp³-hybridized carbons (Fsp3) is 0.0769. The summed E-state index contributed by atoms with van der Waals surface area (Å²) in [5.74, 6) is 1.50. The Morgan fingerprint density at radius 3 is 2.02 bits per heavy atom. The lowest BCUT2D eigenvalue weighted by atomic mass is 9.96. The Kier molecular flexibility index (Phi) is 8.99. The normalized spacial score (nSPS) is 15.9. The SMILES string of the molecule is CCC1Nc2ccccc2N1c1cc(N)cc(-c2ccc(-c3ccc(C4N=C(c5cccc(-c6cccc7ccccc67)c5)N=C(c5ccccc5)N4)cc3)cc2)c1. The van der Waals surface area contributed by atoms with Crippen molar-refractivity contribution in [3.63, 3.8) is 0 Å². The van der Waals surface area contributed by atoms with Gasteiger partial charge in [-0.2, -0.15) is 0 Å². The summed E-state index contributed by atoms with van der Waals surface area (Å²) < 4.78 is 0. The number of fused-ring (bicyclic) bond motifs is 2. The van der Waals surface area contributed by atoms with Crippen LogP contribution in [0.4, 0.5) is 22.7 Å². The third-order valence-electron chi connectivity index (χ3n) is 11.2. The van der Waals surface area contributed by atoms with E-state index in [0.29, 0.717) is 5.84 Å². The minimum Gasteiger partial charge on any atom is -0.399 e. The van der Waals surface area contributed by atoms with Crippen LogP contribution in [0.5, 0.6) is 0 Å². The summed E-state index contributed by atoms with van der Waals surface area (Å²) in [6, 6.07) is 66.1. The van der Waals surface area contributed by atoms with Crippen molar-refractivity contribution in [3.8, 4) is 33.4 Å². The number of rotatable bonds is 8. The molecule has 0 saturated carbocycles. The molecule has 6 heteroatoms. The predicted molar refractivity (Wildman–Crippen MR) is 243 cm³/mol. The highest BCUT2D eigenvalue weighted by Crippen LogP contribution is 2.43. The van der Waals surface area contributed by atoms with Crippen molar-refractivity contribution in [1.82, 2.24) is 5.32 Å². The summed E-state index contributed by atoms with van der Waals surface area (Å²) >= 11 is 0. The average molecular weight is 751 g/mol. The van der Waals surface area contributed by atoms with Gasteiger partial charge in [-0.1, -0.05) is 159 Å². The first-order valence-electron chi connectivity index (χ1n) is 19.9. The number of nitrogens with one attached hydrogen (secondary N) is 2. The Bertz CT molecular complexity index is 2840. The zero-order valence-electron chi connectivity index (χ0n) is 32.2. The van der Waals surface area contributed by atoms with Crippen molar-refractivity contribution in [2.75, 3.05) is 16.0 Å². The molecule has 0 saturated heterocycles. The van der Waals surface area contributed by atoms with Gasteiger partial charge in [0.05, 0.1) is 11.4 Å². The van der Waals surface area contributed by atoms with Gasteiger partial charge in [0.15, 0.2) is 5.84 Å². The zero-order valence-corrected chi connectivity index (χ0v) is 32.2. The second-order valence-electron chi connectivity index (χ2n) is 14.9. The fourth-order valence-electron chi connectivity index (χ4n) is 8.27. The number of anilines is 4. The van der Waals surface area contributed by atoms with Crippen LogP contribution in [0.2, 0.25) is 0 Å². The first kappa shape index (κ1) is 35.0. The molecule has 0 bridgehead atoms. The van der Waals surface area contributed by atoms with Crippen LogP contribution in [-0.2, 0) is 0 Å². The quantitative estimate of drug-likeness (QED) is 0.135. The first-order valence-corrected chi connectivity index (χ1v) is 19.9. The van der Waals surface area contributed by atoms with Crippen molar-refractivity contribution >= 4 is 45.2 Å². The molecule has 2 heterocycles. The standard InChI is InChI=1S/C52H42N6/c1-2-49-54-47-20-8-9-21-48(47)58(49)44-32-42(31-43(53)33-44)36-24-22-34(23-25-36)35-26-28-39(29-27-35)51-55-50(38-13-4-3-5-14-38)56-52(57-51)41-17-10-16-40(30-41)46-19-11-15-37-12-6-7-18-45(37)46/h3-33,49,51,54H,2,53H2,1H3,(H,55,56,57). The van der Waals surface area contributed by atoms with Gasteiger partial charge in [0.25, 0.3) is 0 Å². The van der Waals surface area contributed by atoms with Gasteiger partial charge in [-0.05, 0) is 92.5 Å². The number of aliphatic imine (C=N–C) groups is 2. The highest BCUT2D eigenvalue weighted by molar-refractivity contribution is 6.13. The molecule has 0 aromatic heterocycles. The highest BCUT2D eigenvalue weighted by atomic mass is 15.3. The van der Waals surface area contributed by atoms with Crippen molar-refractivity contribution < 1.29 is 0 Å². The average Bonchev–Trinajstić information content (AvgIpc) is 3.68. The smallest absolute Gasteiger partial charge is 0.159 e. The minimum absolute atomic E-state index is 0.169. The lowest BCUT2D eigenvalue weighted by Gasteiger charge is -2.27. The van der Waals surface area contributed by atoms with Gasteiger partial charge in [-0.25, -0.2) is 9.98 Å². The van der Waals surface area contributed by atoms with Crippen LogP contribution in [0.1, 0.15) is 36.2 Å². The van der Waals surface area contributed by atoms with Gasteiger partial charge < -0.3 is 21.3 Å². The number of hydrogen-bond donors (Lipinski definition) is 3. The van der Waals surface area contributed by atoms with Crippen molar-refractivity contribution in [1.29, 1.82) is 0 Å². The van der Waals surface area contributed by atoms with E-state index in [0.717, 1.165) is 73.8 Å². The van der Waals surface area contributed by atoms with Crippen LogP contribution in [0.25, 0.3) is 44.2 Å². The van der Waals surface area contributed by atoms with Gasteiger partial charge in [-0.15, -0.1) is 0 Å². The van der Waals surface area contributed by atoms with Gasteiger partial charge in [0.2, 0.25) is 0 Å². The van der Waals surface area contributed by atoms with Crippen molar-refractivity contribution in [3.05, 3.63) is 205 Å². The van der Waals surface area contributed by atoms with E-state index in [-0.39, 0.29) is 12.3 Å². The maximum atomic E-state index is 6.53. The van der Waals surface area contributed by atoms with E-state index in [2.05, 4.69) is 192 Å². The minimum atomic E-state index is -0.317. The maximum Gasteiger partial charge on any atom is 0.159 e. The number of amidine groups is 2. The number of benzene rings is 8. The second kappa shape index (κ2) is 14.9. The Hall–Kier alpha value is -7.44. The molecule has 0 radical (unpaired) electrons. The molecule has 280 valence electrons. The van der Waals surface area contributed by atoms with Crippen molar-refractivity contribution in [2.45, 2.75) is 25.7 Å². The van der Waals surface area contributed by atoms with Gasteiger partial charge in [0.1, 0.15) is 18.2 Å². The van der Waals surface area contributed by atoms with Gasteiger partial charge in [0, 0.05) is 22.5 Å². The van der Waals surface area contributed by atoms with Gasteiger partial charge in [-0.3, -0.25) is 0 Å². The molecule has 8 aromatic carbocycles. The first-order chi connectivity index (χ1) is 28.6. The molecule has 2 aliphatic rings. The van der Waals surface area contributed by atoms with E-state index in [1.54, 1.807) is 0 Å². The molecule has 8 aromatic rings. The molecular formula is C52H42N6. The van der Waals surface area contributed by atoms with Crippen LogP contribution in [0.3, 0.4) is 0 Å². The van der Waals surface area contributed by atoms with E-state index in [9.17, 15) is 0 Å². The number of nitrogen functional groups attached to an aromatic ring is 1. The monoisotopic (exact) mass is 750 g/mol. The summed E-state index contributed by atoms with van der Waals surface area (Å²) in [7, 11) is 0. The van der Waals surface area contributed by atoms with Crippen LogP contribution in [0, 0.1) is 0 Å². The van der Waals surface area contributed by atoms with E-state index in [4.69, 9.17) is 15.7 Å². The third kappa shape index (κ3) is 6.65. The molecule has 4 N–H and O–H groups in total. The van der Waals surface area contributed by atoms with Crippen LogP contribution in [0.15, 0.2) is 198 Å². The number of para-hydroxylation sites is 2. The Labute approximate surface area is 339 Å². The summed E-state index contributed by atoms with van der Waals surface area (Å²) in [4.78, 5) is 12.7. The molecule has 0 aliphatic carbocycles. The lowest BCUT2D eigenvalue weighted by Crippen LogP contribution is -2.33.